The molecule has 0 atom stereocenters. The van der Waals surface area contributed by atoms with Crippen LogP contribution in [0.15, 0.2) is 12.3 Å². The van der Waals surface area contributed by atoms with Crippen molar-refractivity contribution in [1.82, 2.24) is 15.3 Å². The summed E-state index contributed by atoms with van der Waals surface area (Å²) in [6.45, 7) is 0.923. The van der Waals surface area contributed by atoms with Crippen LogP contribution in [0.2, 0.25) is 0 Å². The first-order valence-electron chi connectivity index (χ1n) is 6.61. The van der Waals surface area contributed by atoms with Gasteiger partial charge >= 0.3 is 0 Å². The van der Waals surface area contributed by atoms with Crippen LogP contribution in [-0.4, -0.2) is 29.6 Å². The molecule has 1 aromatic rings. The van der Waals surface area contributed by atoms with Crippen LogP contribution in [0, 0.1) is 0 Å². The molecule has 1 saturated carbocycles. The monoisotopic (exact) mass is 234 g/mol. The van der Waals surface area contributed by atoms with Gasteiger partial charge in [0.2, 0.25) is 0 Å². The Kier molecular flexibility index (Phi) is 4.74. The number of nitrogens with one attached hydrogen (secondary N) is 2. The summed E-state index contributed by atoms with van der Waals surface area (Å²) in [4.78, 5) is 8.82. The normalized spacial score (nSPS) is 17.0. The van der Waals surface area contributed by atoms with Crippen molar-refractivity contribution in [3.63, 3.8) is 0 Å². The van der Waals surface area contributed by atoms with Gasteiger partial charge in [-0.2, -0.15) is 0 Å². The molecule has 1 aliphatic carbocycles. The van der Waals surface area contributed by atoms with Gasteiger partial charge in [0.1, 0.15) is 11.6 Å². The molecule has 4 heteroatoms. The highest BCUT2D eigenvalue weighted by Crippen LogP contribution is 2.20. The minimum Gasteiger partial charge on any atom is -0.367 e. The first-order chi connectivity index (χ1) is 8.38. The van der Waals surface area contributed by atoms with Crippen LogP contribution in [0.3, 0.4) is 0 Å². The van der Waals surface area contributed by atoms with E-state index in [1.54, 1.807) is 0 Å². The molecule has 0 saturated heterocycles. The molecular weight excluding hydrogens is 212 g/mol. The minimum atomic E-state index is 0.607. The molecular formula is C13H22N4. The maximum absolute atomic E-state index is 4.54. The highest BCUT2D eigenvalue weighted by molar-refractivity contribution is 5.34. The van der Waals surface area contributed by atoms with Crippen LogP contribution >= 0.6 is 0 Å². The van der Waals surface area contributed by atoms with E-state index < -0.39 is 0 Å². The number of anilines is 1. The number of nitrogens with zero attached hydrogens (tertiary/aromatic N) is 2. The van der Waals surface area contributed by atoms with Gasteiger partial charge in [0, 0.05) is 25.2 Å². The number of hydrogen-bond donors (Lipinski definition) is 2. The van der Waals surface area contributed by atoms with Gasteiger partial charge in [-0.3, -0.25) is 0 Å². The van der Waals surface area contributed by atoms with E-state index in [-0.39, 0.29) is 0 Å². The fraction of sp³-hybridized carbons (Fsp3) is 0.692. The Morgan fingerprint density at radius 3 is 2.88 bits per heavy atom. The molecule has 1 fully saturated rings. The van der Waals surface area contributed by atoms with E-state index in [1.165, 1.54) is 32.1 Å². The predicted molar refractivity (Wildman–Crippen MR) is 70.2 cm³/mol. The highest BCUT2D eigenvalue weighted by Gasteiger charge is 2.13. The second-order valence-electron chi connectivity index (χ2n) is 4.69. The molecule has 1 aromatic heterocycles. The summed E-state index contributed by atoms with van der Waals surface area (Å²) < 4.78 is 0. The topological polar surface area (TPSA) is 49.8 Å². The summed E-state index contributed by atoms with van der Waals surface area (Å²) in [6.07, 6.45) is 9.35. The summed E-state index contributed by atoms with van der Waals surface area (Å²) in [5.74, 6) is 1.90. The van der Waals surface area contributed by atoms with Crippen molar-refractivity contribution in [3.8, 4) is 0 Å². The van der Waals surface area contributed by atoms with E-state index in [9.17, 15) is 0 Å². The maximum atomic E-state index is 4.54. The molecule has 0 bridgehead atoms. The maximum Gasteiger partial charge on any atom is 0.131 e. The third kappa shape index (κ3) is 3.97. The van der Waals surface area contributed by atoms with Gasteiger partial charge < -0.3 is 10.6 Å². The van der Waals surface area contributed by atoms with Gasteiger partial charge in [0.15, 0.2) is 0 Å². The molecule has 2 N–H and O–H groups in total. The minimum absolute atomic E-state index is 0.607. The van der Waals surface area contributed by atoms with E-state index in [1.807, 2.05) is 19.3 Å². The molecule has 94 valence electrons. The molecule has 0 radical (unpaired) electrons. The zero-order valence-corrected chi connectivity index (χ0v) is 10.6. The average molecular weight is 234 g/mol. The van der Waals surface area contributed by atoms with E-state index in [2.05, 4.69) is 20.6 Å². The lowest BCUT2D eigenvalue weighted by Crippen LogP contribution is -2.23. The predicted octanol–water partition coefficient (Wildman–Crippen LogP) is 1.98. The number of aromatic nitrogens is 2. The van der Waals surface area contributed by atoms with Gasteiger partial charge in [-0.05, 0) is 26.0 Å². The lowest BCUT2D eigenvalue weighted by Gasteiger charge is -2.23. The summed E-state index contributed by atoms with van der Waals surface area (Å²) >= 11 is 0. The zero-order chi connectivity index (χ0) is 11.9. The van der Waals surface area contributed by atoms with Crippen LogP contribution in [0.4, 0.5) is 5.82 Å². The first kappa shape index (κ1) is 12.3. The van der Waals surface area contributed by atoms with Gasteiger partial charge in [0.05, 0.1) is 0 Å². The van der Waals surface area contributed by atoms with Crippen LogP contribution in [-0.2, 0) is 6.42 Å². The van der Waals surface area contributed by atoms with Crippen molar-refractivity contribution >= 4 is 5.82 Å². The number of likely N-dealkylation sites (N-methyl/N-ethyl adjacent to an activating group) is 1. The van der Waals surface area contributed by atoms with Crippen LogP contribution in [0.1, 0.15) is 37.9 Å². The number of rotatable bonds is 5. The van der Waals surface area contributed by atoms with Crippen molar-refractivity contribution in [2.24, 2.45) is 0 Å². The van der Waals surface area contributed by atoms with E-state index in [0.717, 1.165) is 24.6 Å². The Hall–Kier alpha value is -1.16. The van der Waals surface area contributed by atoms with E-state index in [4.69, 9.17) is 0 Å². The van der Waals surface area contributed by atoms with Crippen molar-refractivity contribution in [3.05, 3.63) is 18.1 Å². The molecule has 2 rings (SSSR count). The first-order valence-corrected chi connectivity index (χ1v) is 6.61. The fourth-order valence-corrected chi connectivity index (χ4v) is 2.29. The molecule has 1 aliphatic rings. The molecule has 1 heterocycles. The molecule has 0 aliphatic heterocycles. The Bertz CT molecular complexity index is 334. The van der Waals surface area contributed by atoms with Gasteiger partial charge in [-0.1, -0.05) is 19.3 Å². The van der Waals surface area contributed by atoms with E-state index >= 15 is 0 Å². The second kappa shape index (κ2) is 6.55. The van der Waals surface area contributed by atoms with E-state index in [0.29, 0.717) is 6.04 Å². The quantitative estimate of drug-likeness (QED) is 0.818. The van der Waals surface area contributed by atoms with Crippen molar-refractivity contribution in [1.29, 1.82) is 0 Å². The summed E-state index contributed by atoms with van der Waals surface area (Å²) in [7, 11) is 1.95. The lowest BCUT2D eigenvalue weighted by molar-refractivity contribution is 0.461. The Balaban J connectivity index is 1.90. The smallest absolute Gasteiger partial charge is 0.131 e. The Labute approximate surface area is 103 Å². The zero-order valence-electron chi connectivity index (χ0n) is 10.6. The molecule has 17 heavy (non-hydrogen) atoms. The molecule has 0 unspecified atom stereocenters. The third-order valence-corrected chi connectivity index (χ3v) is 3.26. The van der Waals surface area contributed by atoms with Crippen LogP contribution in [0.5, 0.6) is 0 Å². The van der Waals surface area contributed by atoms with Gasteiger partial charge in [0.25, 0.3) is 0 Å². The van der Waals surface area contributed by atoms with Gasteiger partial charge in [-0.15, -0.1) is 0 Å². The van der Waals surface area contributed by atoms with Crippen molar-refractivity contribution < 1.29 is 0 Å². The SMILES string of the molecule is CNCCc1nccc(NC2CCCCC2)n1. The second-order valence-corrected chi connectivity index (χ2v) is 4.69. The lowest BCUT2D eigenvalue weighted by atomic mass is 9.95. The van der Waals surface area contributed by atoms with Crippen LogP contribution in [0.25, 0.3) is 0 Å². The molecule has 0 aromatic carbocycles. The molecule has 4 nitrogen and oxygen atoms in total. The molecule has 0 spiro atoms. The average Bonchev–Trinajstić information content (AvgIpc) is 2.38. The van der Waals surface area contributed by atoms with Gasteiger partial charge in [-0.25, -0.2) is 9.97 Å². The fourth-order valence-electron chi connectivity index (χ4n) is 2.29. The Morgan fingerprint density at radius 1 is 1.29 bits per heavy atom. The van der Waals surface area contributed by atoms with Crippen LogP contribution < -0.4 is 10.6 Å². The summed E-state index contributed by atoms with van der Waals surface area (Å²) in [5, 5.41) is 6.64. The largest absolute Gasteiger partial charge is 0.367 e. The number of hydrogen-bond acceptors (Lipinski definition) is 4. The van der Waals surface area contributed by atoms with Crippen molar-refractivity contribution in [2.75, 3.05) is 18.9 Å². The Morgan fingerprint density at radius 2 is 2.12 bits per heavy atom. The standard InChI is InChI=1S/C13H22N4/c1-14-9-7-12-15-10-8-13(17-12)16-11-5-3-2-4-6-11/h8,10-11,14H,2-7,9H2,1H3,(H,15,16,17). The van der Waals surface area contributed by atoms with Crippen molar-refractivity contribution in [2.45, 2.75) is 44.6 Å². The highest BCUT2D eigenvalue weighted by atomic mass is 15.0. The summed E-state index contributed by atoms with van der Waals surface area (Å²) in [6, 6.07) is 2.58. The third-order valence-electron chi connectivity index (χ3n) is 3.26. The summed E-state index contributed by atoms with van der Waals surface area (Å²) in [5.41, 5.74) is 0. The molecule has 0 amide bonds.